The van der Waals surface area contributed by atoms with Gasteiger partial charge in [0, 0.05) is 16.7 Å². The third-order valence-electron chi connectivity index (χ3n) is 8.10. The van der Waals surface area contributed by atoms with E-state index >= 15 is 0 Å². The van der Waals surface area contributed by atoms with Gasteiger partial charge in [-0.3, -0.25) is 0 Å². The topological polar surface area (TPSA) is 38.7 Å². The van der Waals surface area contributed by atoms with Crippen LogP contribution in [0.3, 0.4) is 0 Å². The fourth-order valence-corrected chi connectivity index (χ4v) is 5.84. The highest BCUT2D eigenvalue weighted by Gasteiger charge is 2.15. The van der Waals surface area contributed by atoms with E-state index in [-0.39, 0.29) is 0 Å². The summed E-state index contributed by atoms with van der Waals surface area (Å²) in [6, 6.07) is 57.0. The van der Waals surface area contributed by atoms with Gasteiger partial charge >= 0.3 is 0 Å². The zero-order valence-corrected chi connectivity index (χ0v) is 23.9. The number of fused-ring (bicyclic) bond motifs is 2. The highest BCUT2D eigenvalue weighted by molar-refractivity contribution is 5.96. The zero-order chi connectivity index (χ0) is 29.3. The minimum absolute atomic E-state index is 0.648. The van der Waals surface area contributed by atoms with Crippen LogP contribution >= 0.6 is 0 Å². The molecule has 0 N–H and O–H groups in total. The Bertz CT molecular complexity index is 2270. The number of hydrogen-bond acceptors (Lipinski definition) is 3. The molecule has 0 fully saturated rings. The molecule has 0 aliphatic heterocycles. The molecular weight excluding hydrogens is 534 g/mol. The van der Waals surface area contributed by atoms with Crippen LogP contribution < -0.4 is 0 Å². The maximum atomic E-state index is 5.08. The summed E-state index contributed by atoms with van der Waals surface area (Å²) >= 11 is 0. The van der Waals surface area contributed by atoms with E-state index in [1.165, 1.54) is 16.5 Å². The molecule has 0 radical (unpaired) electrons. The molecule has 0 aliphatic carbocycles. The standard InChI is InChI=1S/C41H27N3/c1-3-11-28(12-4-1)31-17-9-18-35(26-31)39-42-40(44-41(43-39)38-20-10-16-30-15-7-8-19-37(30)38)36-24-23-33-25-32(21-22-34(33)27-36)29-13-5-2-6-14-29/h1-27H. The fourth-order valence-electron chi connectivity index (χ4n) is 5.84. The minimum atomic E-state index is 0.648. The van der Waals surface area contributed by atoms with E-state index in [2.05, 4.69) is 152 Å². The molecule has 1 heterocycles. The van der Waals surface area contributed by atoms with E-state index in [0.29, 0.717) is 17.5 Å². The van der Waals surface area contributed by atoms with Crippen molar-refractivity contribution >= 4 is 21.5 Å². The van der Waals surface area contributed by atoms with Gasteiger partial charge in [0.05, 0.1) is 0 Å². The first-order valence-corrected chi connectivity index (χ1v) is 14.8. The van der Waals surface area contributed by atoms with Crippen LogP contribution in [0.15, 0.2) is 164 Å². The molecule has 8 aromatic rings. The second kappa shape index (κ2) is 11.0. The van der Waals surface area contributed by atoms with E-state index in [1.54, 1.807) is 0 Å². The van der Waals surface area contributed by atoms with Crippen LogP contribution in [-0.2, 0) is 0 Å². The molecule has 0 bridgehead atoms. The van der Waals surface area contributed by atoms with E-state index in [4.69, 9.17) is 15.0 Å². The van der Waals surface area contributed by atoms with Gasteiger partial charge in [0.15, 0.2) is 17.5 Å². The summed E-state index contributed by atoms with van der Waals surface area (Å²) in [7, 11) is 0. The summed E-state index contributed by atoms with van der Waals surface area (Å²) < 4.78 is 0. The molecule has 44 heavy (non-hydrogen) atoms. The van der Waals surface area contributed by atoms with Gasteiger partial charge < -0.3 is 0 Å². The predicted octanol–water partition coefficient (Wildman–Crippen LogP) is 10.5. The van der Waals surface area contributed by atoms with Crippen LogP contribution in [0.5, 0.6) is 0 Å². The Hall–Kier alpha value is -5.93. The Morgan fingerprint density at radius 2 is 0.750 bits per heavy atom. The van der Waals surface area contributed by atoms with Crippen molar-refractivity contribution in [1.29, 1.82) is 0 Å². The molecule has 3 heteroatoms. The Morgan fingerprint density at radius 3 is 1.48 bits per heavy atom. The lowest BCUT2D eigenvalue weighted by atomic mass is 9.99. The third kappa shape index (κ3) is 4.91. The van der Waals surface area contributed by atoms with Crippen LogP contribution in [0.25, 0.3) is 78.0 Å². The van der Waals surface area contributed by atoms with Crippen LogP contribution in [0.4, 0.5) is 0 Å². The molecular formula is C41H27N3. The van der Waals surface area contributed by atoms with Crippen LogP contribution in [0.1, 0.15) is 0 Å². The zero-order valence-electron chi connectivity index (χ0n) is 23.9. The second-order valence-electron chi connectivity index (χ2n) is 10.9. The minimum Gasteiger partial charge on any atom is -0.208 e. The maximum Gasteiger partial charge on any atom is 0.164 e. The average Bonchev–Trinajstić information content (AvgIpc) is 3.11. The summed E-state index contributed by atoms with van der Waals surface area (Å²) in [6.45, 7) is 0. The Kier molecular flexibility index (Phi) is 6.47. The predicted molar refractivity (Wildman–Crippen MR) is 182 cm³/mol. The highest BCUT2D eigenvalue weighted by atomic mass is 15.0. The van der Waals surface area contributed by atoms with Crippen molar-refractivity contribution in [3.05, 3.63) is 164 Å². The first kappa shape index (κ1) is 25.8. The van der Waals surface area contributed by atoms with Gasteiger partial charge in [-0.05, 0) is 62.0 Å². The number of nitrogens with zero attached hydrogens (tertiary/aromatic N) is 3. The summed E-state index contributed by atoms with van der Waals surface area (Å²) in [5.41, 5.74) is 7.57. The second-order valence-corrected chi connectivity index (χ2v) is 10.9. The van der Waals surface area contributed by atoms with Crippen molar-refractivity contribution in [2.75, 3.05) is 0 Å². The van der Waals surface area contributed by atoms with Gasteiger partial charge in [-0.2, -0.15) is 0 Å². The molecule has 7 aromatic carbocycles. The van der Waals surface area contributed by atoms with E-state index in [1.807, 2.05) is 12.1 Å². The summed E-state index contributed by atoms with van der Waals surface area (Å²) in [5.74, 6) is 1.96. The van der Waals surface area contributed by atoms with Gasteiger partial charge in [-0.15, -0.1) is 0 Å². The normalized spacial score (nSPS) is 11.2. The van der Waals surface area contributed by atoms with Gasteiger partial charge in [-0.25, -0.2) is 15.0 Å². The smallest absolute Gasteiger partial charge is 0.164 e. The molecule has 0 atom stereocenters. The lowest BCUT2D eigenvalue weighted by molar-refractivity contribution is 1.08. The quantitative estimate of drug-likeness (QED) is 0.210. The lowest BCUT2D eigenvalue weighted by Crippen LogP contribution is -2.00. The number of rotatable bonds is 5. The molecule has 8 rings (SSSR count). The van der Waals surface area contributed by atoms with Gasteiger partial charge in [0.1, 0.15) is 0 Å². The molecule has 1 aromatic heterocycles. The molecule has 0 spiro atoms. The van der Waals surface area contributed by atoms with Crippen LogP contribution in [0, 0.1) is 0 Å². The number of benzene rings is 7. The van der Waals surface area contributed by atoms with Crippen molar-refractivity contribution in [2.45, 2.75) is 0 Å². The van der Waals surface area contributed by atoms with E-state index in [9.17, 15) is 0 Å². The molecule has 206 valence electrons. The van der Waals surface area contributed by atoms with Crippen molar-refractivity contribution in [3.63, 3.8) is 0 Å². The summed E-state index contributed by atoms with van der Waals surface area (Å²) in [6.07, 6.45) is 0. The van der Waals surface area contributed by atoms with E-state index < -0.39 is 0 Å². The fraction of sp³-hybridized carbons (Fsp3) is 0. The van der Waals surface area contributed by atoms with Gasteiger partial charge in [-0.1, -0.05) is 146 Å². The van der Waals surface area contributed by atoms with Crippen molar-refractivity contribution < 1.29 is 0 Å². The Labute approximate surface area is 256 Å². The molecule has 0 unspecified atom stereocenters. The summed E-state index contributed by atoms with van der Waals surface area (Å²) in [4.78, 5) is 15.2. The first-order valence-electron chi connectivity index (χ1n) is 14.8. The van der Waals surface area contributed by atoms with Crippen molar-refractivity contribution in [3.8, 4) is 56.4 Å². The lowest BCUT2D eigenvalue weighted by Gasteiger charge is -2.12. The number of hydrogen-bond donors (Lipinski definition) is 0. The summed E-state index contributed by atoms with van der Waals surface area (Å²) in [5, 5.41) is 4.58. The molecule has 0 saturated carbocycles. The van der Waals surface area contributed by atoms with E-state index in [0.717, 1.165) is 44.0 Å². The monoisotopic (exact) mass is 561 g/mol. The molecule has 0 saturated heterocycles. The maximum absolute atomic E-state index is 5.08. The molecule has 0 aliphatic rings. The third-order valence-corrected chi connectivity index (χ3v) is 8.10. The van der Waals surface area contributed by atoms with Gasteiger partial charge in [0.2, 0.25) is 0 Å². The van der Waals surface area contributed by atoms with Crippen molar-refractivity contribution in [2.24, 2.45) is 0 Å². The Morgan fingerprint density at radius 1 is 0.273 bits per heavy atom. The Balaban J connectivity index is 1.29. The van der Waals surface area contributed by atoms with Crippen LogP contribution in [-0.4, -0.2) is 15.0 Å². The highest BCUT2D eigenvalue weighted by Crippen LogP contribution is 2.32. The molecule has 3 nitrogen and oxygen atoms in total. The SMILES string of the molecule is c1ccc(-c2cccc(-c3nc(-c4ccc5cc(-c6ccccc6)ccc5c4)nc(-c4cccc5ccccc45)n3)c2)cc1. The number of aromatic nitrogens is 3. The largest absolute Gasteiger partial charge is 0.208 e. The molecule has 0 amide bonds. The first-order chi connectivity index (χ1) is 21.8. The van der Waals surface area contributed by atoms with Crippen molar-refractivity contribution in [1.82, 2.24) is 15.0 Å². The average molecular weight is 562 g/mol. The van der Waals surface area contributed by atoms with Crippen LogP contribution in [0.2, 0.25) is 0 Å². The van der Waals surface area contributed by atoms with Gasteiger partial charge in [0.25, 0.3) is 0 Å².